The quantitative estimate of drug-likeness (QED) is 0.346. The van der Waals surface area contributed by atoms with Crippen LogP contribution in [0.4, 0.5) is 5.69 Å². The Hall–Kier alpha value is -3.58. The molecule has 3 N–H and O–H groups in total. The second-order valence-electron chi connectivity index (χ2n) is 6.84. The summed E-state index contributed by atoms with van der Waals surface area (Å²) in [5.74, 6) is 0.281. The lowest BCUT2D eigenvalue weighted by Gasteiger charge is -2.13. The lowest BCUT2D eigenvalue weighted by Crippen LogP contribution is -2.35. The van der Waals surface area contributed by atoms with Crippen LogP contribution in [-0.2, 0) is 6.61 Å². The number of thiocarbonyl (C=S) groups is 1. The number of benzene rings is 2. The van der Waals surface area contributed by atoms with Crippen molar-refractivity contribution in [3.63, 3.8) is 0 Å². The van der Waals surface area contributed by atoms with Crippen LogP contribution in [0.25, 0.3) is 0 Å². The number of hydrogen-bond donors (Lipinski definition) is 3. The van der Waals surface area contributed by atoms with E-state index in [9.17, 15) is 4.79 Å². The minimum atomic E-state index is -0.405. The monoisotopic (exact) mass is 432 g/mol. The molecule has 6 nitrogen and oxygen atoms in total. The van der Waals surface area contributed by atoms with Gasteiger partial charge in [0.2, 0.25) is 0 Å². The maximum absolute atomic E-state index is 12.7. The largest absolute Gasteiger partial charge is 0.489 e. The van der Waals surface area contributed by atoms with Crippen LogP contribution < -0.4 is 15.4 Å². The third kappa shape index (κ3) is 6.45. The topological polar surface area (TPSA) is 87.1 Å². The van der Waals surface area contributed by atoms with Crippen LogP contribution in [0.15, 0.2) is 72.9 Å². The second kappa shape index (κ2) is 11.0. The van der Waals surface area contributed by atoms with E-state index in [1.54, 1.807) is 18.3 Å². The fourth-order valence-corrected chi connectivity index (χ4v) is 3.15. The summed E-state index contributed by atoms with van der Waals surface area (Å²) in [6.45, 7) is 2.44. The maximum atomic E-state index is 12.7. The lowest BCUT2D eigenvalue weighted by atomic mass is 10.1. The SMILES string of the molecule is CCCC(=N)c1ncccc1C(=O)NC(=S)Nc1cccc(OCc2ccccc2)c1. The molecule has 0 unspecified atom stereocenters. The Morgan fingerprint density at radius 1 is 1.10 bits per heavy atom. The van der Waals surface area contributed by atoms with Crippen LogP contribution in [0, 0.1) is 5.41 Å². The Bertz CT molecular complexity index is 1070. The molecular weight excluding hydrogens is 408 g/mol. The molecule has 0 bridgehead atoms. The Balaban J connectivity index is 1.61. The number of carbonyl (C=O) groups excluding carboxylic acids is 1. The summed E-state index contributed by atoms with van der Waals surface area (Å²) in [5, 5.41) is 14.0. The summed E-state index contributed by atoms with van der Waals surface area (Å²) in [6.07, 6.45) is 2.93. The number of anilines is 1. The third-order valence-corrected chi connectivity index (χ3v) is 4.61. The van der Waals surface area contributed by atoms with Gasteiger partial charge in [0.05, 0.1) is 17.0 Å². The predicted octanol–water partition coefficient (Wildman–Crippen LogP) is 4.96. The maximum Gasteiger partial charge on any atom is 0.259 e. The first-order valence-electron chi connectivity index (χ1n) is 9.98. The van der Waals surface area contributed by atoms with Crippen molar-refractivity contribution in [3.05, 3.63) is 89.7 Å². The highest BCUT2D eigenvalue weighted by molar-refractivity contribution is 7.80. The fraction of sp³-hybridized carbons (Fsp3) is 0.167. The van der Waals surface area contributed by atoms with Crippen molar-refractivity contribution in [2.45, 2.75) is 26.4 Å². The van der Waals surface area contributed by atoms with Crippen molar-refractivity contribution in [3.8, 4) is 5.75 Å². The first-order chi connectivity index (χ1) is 15.1. The summed E-state index contributed by atoms with van der Waals surface area (Å²) in [6, 6.07) is 20.6. The minimum absolute atomic E-state index is 0.155. The van der Waals surface area contributed by atoms with Crippen molar-refractivity contribution < 1.29 is 9.53 Å². The molecule has 0 saturated heterocycles. The van der Waals surface area contributed by atoms with Gasteiger partial charge in [0, 0.05) is 18.0 Å². The summed E-state index contributed by atoms with van der Waals surface area (Å²) >= 11 is 5.30. The van der Waals surface area contributed by atoms with E-state index in [0.717, 1.165) is 12.0 Å². The molecule has 0 atom stereocenters. The van der Waals surface area contributed by atoms with Crippen molar-refractivity contribution in [1.29, 1.82) is 5.41 Å². The molecule has 7 heteroatoms. The van der Waals surface area contributed by atoms with Crippen LogP contribution in [0.2, 0.25) is 0 Å². The van der Waals surface area contributed by atoms with Gasteiger partial charge in [0.15, 0.2) is 5.11 Å². The lowest BCUT2D eigenvalue weighted by molar-refractivity contribution is 0.0977. The highest BCUT2D eigenvalue weighted by Crippen LogP contribution is 2.19. The predicted molar refractivity (Wildman–Crippen MR) is 127 cm³/mol. The molecule has 0 aliphatic heterocycles. The van der Waals surface area contributed by atoms with Crippen LogP contribution in [-0.4, -0.2) is 21.7 Å². The fourth-order valence-electron chi connectivity index (χ4n) is 2.93. The van der Waals surface area contributed by atoms with Crippen LogP contribution in [0.5, 0.6) is 5.75 Å². The zero-order valence-corrected chi connectivity index (χ0v) is 18.0. The Kier molecular flexibility index (Phi) is 7.84. The van der Waals surface area contributed by atoms with E-state index in [1.807, 2.05) is 61.5 Å². The van der Waals surface area contributed by atoms with Crippen molar-refractivity contribution >= 4 is 34.6 Å². The number of rotatable bonds is 8. The van der Waals surface area contributed by atoms with E-state index in [4.69, 9.17) is 22.4 Å². The molecule has 0 spiro atoms. The number of ether oxygens (including phenoxy) is 1. The molecule has 0 aliphatic carbocycles. The molecule has 0 aliphatic rings. The first-order valence-corrected chi connectivity index (χ1v) is 10.4. The number of carbonyl (C=O) groups is 1. The van der Waals surface area contributed by atoms with Gasteiger partial charge in [-0.25, -0.2) is 0 Å². The van der Waals surface area contributed by atoms with Crippen molar-refractivity contribution in [2.24, 2.45) is 0 Å². The zero-order valence-electron chi connectivity index (χ0n) is 17.2. The van der Waals surface area contributed by atoms with Gasteiger partial charge >= 0.3 is 0 Å². The third-order valence-electron chi connectivity index (χ3n) is 4.41. The molecule has 158 valence electrons. The first kappa shape index (κ1) is 22.1. The van der Waals surface area contributed by atoms with Gasteiger partial charge in [0.25, 0.3) is 5.91 Å². The van der Waals surface area contributed by atoms with Gasteiger partial charge < -0.3 is 15.5 Å². The Labute approximate surface area is 187 Å². The smallest absolute Gasteiger partial charge is 0.259 e. The zero-order chi connectivity index (χ0) is 22.1. The Morgan fingerprint density at radius 2 is 1.90 bits per heavy atom. The van der Waals surface area contributed by atoms with Crippen molar-refractivity contribution in [1.82, 2.24) is 10.3 Å². The number of nitrogens with zero attached hydrogens (tertiary/aromatic N) is 1. The molecule has 3 aromatic rings. The number of pyridine rings is 1. The number of nitrogens with one attached hydrogen (secondary N) is 3. The minimum Gasteiger partial charge on any atom is -0.489 e. The van der Waals surface area contributed by atoms with E-state index in [0.29, 0.717) is 41.4 Å². The van der Waals surface area contributed by atoms with Crippen molar-refractivity contribution in [2.75, 3.05) is 5.32 Å². The van der Waals surface area contributed by atoms with E-state index < -0.39 is 5.91 Å². The molecule has 1 aromatic heterocycles. The van der Waals surface area contributed by atoms with Crippen LogP contribution in [0.1, 0.15) is 41.4 Å². The van der Waals surface area contributed by atoms with Crippen LogP contribution in [0.3, 0.4) is 0 Å². The number of amides is 1. The van der Waals surface area contributed by atoms with E-state index in [1.165, 1.54) is 0 Å². The molecule has 0 radical (unpaired) electrons. The van der Waals surface area contributed by atoms with Gasteiger partial charge in [-0.1, -0.05) is 49.7 Å². The normalized spacial score (nSPS) is 10.2. The summed E-state index contributed by atoms with van der Waals surface area (Å²) in [7, 11) is 0. The van der Waals surface area contributed by atoms with Crippen LogP contribution >= 0.6 is 12.2 Å². The summed E-state index contributed by atoms with van der Waals surface area (Å²) in [4.78, 5) is 16.9. The molecule has 2 aromatic carbocycles. The van der Waals surface area contributed by atoms with Gasteiger partial charge in [-0.3, -0.25) is 15.1 Å². The van der Waals surface area contributed by atoms with E-state index in [-0.39, 0.29) is 5.11 Å². The number of aromatic nitrogens is 1. The number of hydrogen-bond acceptors (Lipinski definition) is 5. The van der Waals surface area contributed by atoms with E-state index in [2.05, 4.69) is 15.6 Å². The molecule has 1 heterocycles. The molecule has 3 rings (SSSR count). The Morgan fingerprint density at radius 3 is 2.68 bits per heavy atom. The molecule has 1 amide bonds. The average molecular weight is 433 g/mol. The average Bonchev–Trinajstić information content (AvgIpc) is 2.78. The molecular formula is C24H24N4O2S. The second-order valence-corrected chi connectivity index (χ2v) is 7.25. The summed E-state index contributed by atoms with van der Waals surface area (Å²) < 4.78 is 5.83. The highest BCUT2D eigenvalue weighted by atomic mass is 32.1. The molecule has 0 fully saturated rings. The summed E-state index contributed by atoms with van der Waals surface area (Å²) in [5.41, 5.74) is 2.80. The van der Waals surface area contributed by atoms with Gasteiger partial charge in [-0.05, 0) is 48.5 Å². The molecule has 0 saturated carbocycles. The standard InChI is InChI=1S/C24H24N4O2S/c1-2-8-21(25)22-20(13-7-14-26-22)23(29)28-24(31)27-18-11-6-12-19(15-18)30-16-17-9-4-3-5-10-17/h3-7,9-15,25H,2,8,16H2,1H3,(H2,27,28,29,31). The highest BCUT2D eigenvalue weighted by Gasteiger charge is 2.16. The van der Waals surface area contributed by atoms with Gasteiger partial charge in [-0.2, -0.15) is 0 Å². The van der Waals surface area contributed by atoms with Gasteiger partial charge in [-0.15, -0.1) is 0 Å². The molecule has 31 heavy (non-hydrogen) atoms. The van der Waals surface area contributed by atoms with E-state index >= 15 is 0 Å². The van der Waals surface area contributed by atoms with Gasteiger partial charge in [0.1, 0.15) is 12.4 Å².